The fraction of sp³-hybridized carbons (Fsp3) is 0.400. The Bertz CT molecular complexity index is 630. The molecule has 0 radical (unpaired) electrons. The van der Waals surface area contributed by atoms with Gasteiger partial charge in [-0.1, -0.05) is 77.1 Å². The van der Waals surface area contributed by atoms with Crippen molar-refractivity contribution in [3.05, 3.63) is 69.7 Å². The summed E-state index contributed by atoms with van der Waals surface area (Å²) < 4.78 is 0. The molecule has 1 unspecified atom stereocenters. The molecule has 1 aromatic carbocycles. The van der Waals surface area contributed by atoms with Crippen LogP contribution in [0.1, 0.15) is 41.0 Å². The van der Waals surface area contributed by atoms with Crippen molar-refractivity contribution in [1.29, 1.82) is 0 Å². The highest BCUT2D eigenvalue weighted by atomic mass is 32.2. The van der Waals surface area contributed by atoms with Gasteiger partial charge in [-0.2, -0.15) is 0 Å². The Morgan fingerprint density at radius 2 is 1.75 bits per heavy atom. The molecule has 0 heterocycles. The Morgan fingerprint density at radius 3 is 2.25 bits per heavy atom. The van der Waals surface area contributed by atoms with Gasteiger partial charge in [0.2, 0.25) is 0 Å². The summed E-state index contributed by atoms with van der Waals surface area (Å²) in [4.78, 5) is 12.4. The van der Waals surface area contributed by atoms with Crippen molar-refractivity contribution in [1.82, 2.24) is 0 Å². The van der Waals surface area contributed by atoms with E-state index in [1.807, 2.05) is 0 Å². The third-order valence-electron chi connectivity index (χ3n) is 3.85. The first-order valence-electron chi connectivity index (χ1n) is 8.33. The van der Waals surface area contributed by atoms with Crippen LogP contribution < -0.4 is 0 Å². The molecule has 0 N–H and O–H groups in total. The average Bonchev–Trinajstić information content (AvgIpc) is 2.72. The molecule has 3 nitrogen and oxygen atoms in total. The fourth-order valence-corrected chi connectivity index (χ4v) is 2.78. The van der Waals surface area contributed by atoms with Crippen molar-refractivity contribution < 1.29 is 4.92 Å². The Morgan fingerprint density at radius 1 is 1.17 bits per heavy atom. The van der Waals surface area contributed by atoms with Crippen molar-refractivity contribution in [3.8, 4) is 0 Å². The lowest BCUT2D eigenvalue weighted by Gasteiger charge is -2.26. The van der Waals surface area contributed by atoms with E-state index in [1.165, 1.54) is 18.6 Å². The lowest BCUT2D eigenvalue weighted by Crippen LogP contribution is -2.17. The quantitative estimate of drug-likeness (QED) is 0.446. The molecule has 0 amide bonds. The molecule has 1 aromatic rings. The first-order valence-corrected chi connectivity index (χ1v) is 9.15. The number of non-ortho nitro benzene ring substituents is 1. The minimum absolute atomic E-state index is 0.0638. The predicted molar refractivity (Wildman–Crippen MR) is 104 cm³/mol. The molecular weight excluding hydrogens is 318 g/mol. The fourth-order valence-electron chi connectivity index (χ4n) is 1.95. The van der Waals surface area contributed by atoms with E-state index in [9.17, 15) is 10.1 Å². The Hall–Kier alpha value is -1.81. The van der Waals surface area contributed by atoms with Crippen LogP contribution in [0.25, 0.3) is 0 Å². The molecule has 0 spiro atoms. The maximum atomic E-state index is 10.7. The van der Waals surface area contributed by atoms with Crippen LogP contribution in [0.3, 0.4) is 0 Å². The smallest absolute Gasteiger partial charge is 0.258 e. The predicted octanol–water partition coefficient (Wildman–Crippen LogP) is 6.78. The third kappa shape index (κ3) is 6.00. The standard InChI is InChI=1S/C17H19NO2S.C3H8/c1-13(2)17(3)11-4-5-15(10-12-17)21-16-8-6-14(7-9-16)18(19)20;1-3-2/h4-13H,1-3H3;3H2,1-2H3. The van der Waals surface area contributed by atoms with Crippen LogP contribution in [0.2, 0.25) is 0 Å². The molecule has 0 fully saturated rings. The summed E-state index contributed by atoms with van der Waals surface area (Å²) in [6.45, 7) is 10.9. The van der Waals surface area contributed by atoms with Crippen LogP contribution in [-0.2, 0) is 0 Å². The lowest BCUT2D eigenvalue weighted by atomic mass is 9.79. The van der Waals surface area contributed by atoms with Gasteiger partial charge in [0.05, 0.1) is 4.92 Å². The van der Waals surface area contributed by atoms with Gasteiger partial charge < -0.3 is 0 Å². The van der Waals surface area contributed by atoms with Crippen molar-refractivity contribution >= 4 is 17.4 Å². The van der Waals surface area contributed by atoms with Gasteiger partial charge >= 0.3 is 0 Å². The molecule has 0 saturated carbocycles. The summed E-state index contributed by atoms with van der Waals surface area (Å²) in [7, 11) is 0. The SMILES string of the molecule is CC(C)C1(C)C=CC=C(Sc2ccc([N+](=O)[O-])cc2)C=C1.CCC. The molecule has 0 aliphatic heterocycles. The second-order valence-electron chi connectivity index (χ2n) is 6.34. The van der Waals surface area contributed by atoms with Gasteiger partial charge in [0, 0.05) is 27.3 Å². The Balaban J connectivity index is 0.000000891. The molecule has 1 atom stereocenters. The van der Waals surface area contributed by atoms with E-state index in [4.69, 9.17) is 0 Å². The monoisotopic (exact) mass is 345 g/mol. The minimum Gasteiger partial charge on any atom is -0.258 e. The summed E-state index contributed by atoms with van der Waals surface area (Å²) in [6, 6.07) is 6.65. The van der Waals surface area contributed by atoms with Crippen molar-refractivity contribution in [2.24, 2.45) is 11.3 Å². The Kier molecular flexibility index (Phi) is 7.99. The van der Waals surface area contributed by atoms with Gasteiger partial charge in [0.15, 0.2) is 0 Å². The molecule has 0 aromatic heterocycles. The van der Waals surface area contributed by atoms with Gasteiger partial charge in [-0.05, 0) is 24.1 Å². The van der Waals surface area contributed by atoms with E-state index >= 15 is 0 Å². The van der Waals surface area contributed by atoms with Gasteiger partial charge in [-0.3, -0.25) is 10.1 Å². The highest BCUT2D eigenvalue weighted by Gasteiger charge is 2.22. The van der Waals surface area contributed by atoms with Gasteiger partial charge in [0.1, 0.15) is 0 Å². The average molecular weight is 346 g/mol. The number of nitrogens with zero attached hydrogens (tertiary/aromatic N) is 1. The van der Waals surface area contributed by atoms with E-state index in [1.54, 1.807) is 23.9 Å². The second kappa shape index (κ2) is 9.48. The highest BCUT2D eigenvalue weighted by molar-refractivity contribution is 8.03. The van der Waals surface area contributed by atoms with Crippen LogP contribution in [0.4, 0.5) is 5.69 Å². The van der Waals surface area contributed by atoms with Crippen LogP contribution in [-0.4, -0.2) is 4.92 Å². The van der Waals surface area contributed by atoms with Crippen LogP contribution in [0.15, 0.2) is 64.4 Å². The number of benzene rings is 1. The highest BCUT2D eigenvalue weighted by Crippen LogP contribution is 2.36. The number of hydrogen-bond donors (Lipinski definition) is 0. The second-order valence-corrected chi connectivity index (χ2v) is 7.49. The molecule has 0 saturated heterocycles. The molecular formula is C20H27NO2S. The number of hydrogen-bond acceptors (Lipinski definition) is 3. The van der Waals surface area contributed by atoms with E-state index < -0.39 is 0 Å². The molecule has 0 bridgehead atoms. The maximum absolute atomic E-state index is 10.7. The van der Waals surface area contributed by atoms with E-state index in [2.05, 4.69) is 65.0 Å². The molecule has 4 heteroatoms. The third-order valence-corrected chi connectivity index (χ3v) is 4.87. The number of rotatable bonds is 4. The summed E-state index contributed by atoms with van der Waals surface area (Å²) in [5.74, 6) is 0.530. The number of allylic oxidation sites excluding steroid dienone is 5. The molecule has 130 valence electrons. The number of thioether (sulfide) groups is 1. The van der Waals surface area contributed by atoms with Crippen LogP contribution in [0, 0.1) is 21.4 Å². The van der Waals surface area contributed by atoms with Crippen molar-refractivity contribution in [2.75, 3.05) is 0 Å². The van der Waals surface area contributed by atoms with Crippen LogP contribution in [0.5, 0.6) is 0 Å². The van der Waals surface area contributed by atoms with Gasteiger partial charge in [0.25, 0.3) is 5.69 Å². The number of nitro benzene ring substituents is 1. The number of nitro groups is 1. The van der Waals surface area contributed by atoms with Gasteiger partial charge in [-0.15, -0.1) is 0 Å². The van der Waals surface area contributed by atoms with Crippen LogP contribution >= 0.6 is 11.8 Å². The lowest BCUT2D eigenvalue weighted by molar-refractivity contribution is -0.384. The van der Waals surface area contributed by atoms with E-state index in [0.29, 0.717) is 5.92 Å². The zero-order chi connectivity index (χ0) is 18.2. The molecule has 1 aliphatic rings. The largest absolute Gasteiger partial charge is 0.269 e. The normalized spacial score (nSPS) is 19.3. The van der Waals surface area contributed by atoms with Crippen molar-refractivity contribution in [2.45, 2.75) is 45.9 Å². The molecule has 1 aliphatic carbocycles. The topological polar surface area (TPSA) is 43.1 Å². The van der Waals surface area contributed by atoms with E-state index in [-0.39, 0.29) is 16.0 Å². The summed E-state index contributed by atoms with van der Waals surface area (Å²) in [6.07, 6.45) is 12.0. The summed E-state index contributed by atoms with van der Waals surface area (Å²) in [5.41, 5.74) is 0.186. The zero-order valence-electron chi connectivity index (χ0n) is 15.2. The first-order chi connectivity index (χ1) is 11.3. The van der Waals surface area contributed by atoms with Crippen molar-refractivity contribution in [3.63, 3.8) is 0 Å². The summed E-state index contributed by atoms with van der Waals surface area (Å²) in [5, 5.41) is 10.7. The Labute approximate surface area is 149 Å². The summed E-state index contributed by atoms with van der Waals surface area (Å²) >= 11 is 1.61. The van der Waals surface area contributed by atoms with Gasteiger partial charge in [-0.25, -0.2) is 0 Å². The first kappa shape index (κ1) is 20.2. The van der Waals surface area contributed by atoms with E-state index in [0.717, 1.165) is 9.80 Å². The maximum Gasteiger partial charge on any atom is 0.269 e. The molecule has 24 heavy (non-hydrogen) atoms. The minimum atomic E-state index is -0.379. The zero-order valence-corrected chi connectivity index (χ0v) is 16.0. The molecule has 2 rings (SSSR count).